The number of aromatic nitrogens is 2. The van der Waals surface area contributed by atoms with Crippen LogP contribution in [0.2, 0.25) is 5.02 Å². The van der Waals surface area contributed by atoms with Gasteiger partial charge >= 0.3 is 0 Å². The molecule has 0 unspecified atom stereocenters. The van der Waals surface area contributed by atoms with Crippen molar-refractivity contribution in [1.82, 2.24) is 9.55 Å². The zero-order valence-electron chi connectivity index (χ0n) is 13.4. The summed E-state index contributed by atoms with van der Waals surface area (Å²) in [5.41, 5.74) is 4.53. The minimum absolute atomic E-state index is 0.0223. The van der Waals surface area contributed by atoms with Gasteiger partial charge in [0.05, 0.1) is 18.5 Å². The molecule has 2 aromatic carbocycles. The van der Waals surface area contributed by atoms with Crippen LogP contribution in [0.4, 0.5) is 0 Å². The van der Waals surface area contributed by atoms with E-state index in [0.29, 0.717) is 6.54 Å². The molecule has 0 aliphatic carbocycles. The summed E-state index contributed by atoms with van der Waals surface area (Å²) in [5.74, 6) is 0.856. The number of imidazole rings is 1. The molecule has 0 bridgehead atoms. The zero-order valence-corrected chi connectivity index (χ0v) is 15.0. The number of thioether (sulfide) groups is 1. The quantitative estimate of drug-likeness (QED) is 0.650. The van der Waals surface area contributed by atoms with E-state index in [4.69, 9.17) is 11.6 Å². The first kappa shape index (κ1) is 17.1. The second-order valence-corrected chi connectivity index (χ2v) is 7.00. The molecule has 1 aromatic heterocycles. The molecule has 3 nitrogen and oxygen atoms in total. The minimum atomic E-state index is -0.0223. The Hall–Kier alpha value is -1.75. The number of nitrogens with zero attached hydrogens (tertiary/aromatic N) is 2. The number of rotatable bonds is 6. The smallest absolute Gasteiger partial charge is 0.168 e. The standard InChI is InChI=1S/C19H19ClN2OS/c1-14-4-2-3-5-16(14)13-24-19-21-10-18(12-23)22(19)11-15-6-8-17(20)9-7-15/h2-10,23H,11-13H2,1H3. The Morgan fingerprint density at radius 3 is 2.58 bits per heavy atom. The molecule has 1 N–H and O–H groups in total. The Balaban J connectivity index is 1.79. The van der Waals surface area contributed by atoms with E-state index in [1.165, 1.54) is 11.1 Å². The van der Waals surface area contributed by atoms with Crippen molar-refractivity contribution in [2.45, 2.75) is 31.0 Å². The fourth-order valence-electron chi connectivity index (χ4n) is 2.49. The van der Waals surface area contributed by atoms with Gasteiger partial charge < -0.3 is 9.67 Å². The molecular weight excluding hydrogens is 340 g/mol. The molecule has 5 heteroatoms. The SMILES string of the molecule is Cc1ccccc1CSc1ncc(CO)n1Cc1ccc(Cl)cc1. The van der Waals surface area contributed by atoms with Crippen molar-refractivity contribution < 1.29 is 5.11 Å². The molecular formula is C19H19ClN2OS. The van der Waals surface area contributed by atoms with Crippen LogP contribution in [-0.4, -0.2) is 14.7 Å². The van der Waals surface area contributed by atoms with E-state index in [1.54, 1.807) is 18.0 Å². The Morgan fingerprint density at radius 1 is 1.12 bits per heavy atom. The number of hydrogen-bond acceptors (Lipinski definition) is 3. The third-order valence-corrected chi connectivity index (χ3v) is 5.23. The summed E-state index contributed by atoms with van der Waals surface area (Å²) in [6.45, 7) is 2.77. The van der Waals surface area contributed by atoms with E-state index in [-0.39, 0.29) is 6.61 Å². The minimum Gasteiger partial charge on any atom is -0.390 e. The average molecular weight is 359 g/mol. The van der Waals surface area contributed by atoms with Gasteiger partial charge in [0.25, 0.3) is 0 Å². The highest BCUT2D eigenvalue weighted by Gasteiger charge is 2.11. The van der Waals surface area contributed by atoms with Crippen LogP contribution >= 0.6 is 23.4 Å². The fourth-order valence-corrected chi connectivity index (χ4v) is 3.69. The highest BCUT2D eigenvalue weighted by atomic mass is 35.5. The fraction of sp³-hybridized carbons (Fsp3) is 0.211. The first-order valence-electron chi connectivity index (χ1n) is 7.74. The molecule has 124 valence electrons. The van der Waals surface area contributed by atoms with Gasteiger partial charge in [-0.2, -0.15) is 0 Å². The molecule has 0 atom stereocenters. The van der Waals surface area contributed by atoms with Crippen LogP contribution in [0.5, 0.6) is 0 Å². The maximum Gasteiger partial charge on any atom is 0.168 e. The summed E-state index contributed by atoms with van der Waals surface area (Å²) in [7, 11) is 0. The average Bonchev–Trinajstić information content (AvgIpc) is 2.98. The van der Waals surface area contributed by atoms with E-state index >= 15 is 0 Å². The number of benzene rings is 2. The Bertz CT molecular complexity index is 814. The third kappa shape index (κ3) is 4.01. The summed E-state index contributed by atoms with van der Waals surface area (Å²) in [6, 6.07) is 16.1. The molecule has 0 aliphatic rings. The van der Waals surface area contributed by atoms with Crippen LogP contribution in [0.1, 0.15) is 22.4 Å². The number of aryl methyl sites for hydroxylation is 1. The normalized spacial score (nSPS) is 11.0. The molecule has 0 amide bonds. The molecule has 0 spiro atoms. The van der Waals surface area contributed by atoms with Gasteiger partial charge in [-0.15, -0.1) is 0 Å². The van der Waals surface area contributed by atoms with Crippen molar-refractivity contribution in [3.8, 4) is 0 Å². The van der Waals surface area contributed by atoms with E-state index < -0.39 is 0 Å². The topological polar surface area (TPSA) is 38.1 Å². The summed E-state index contributed by atoms with van der Waals surface area (Å²) >= 11 is 7.64. The molecule has 1 heterocycles. The molecule has 24 heavy (non-hydrogen) atoms. The molecule has 0 saturated heterocycles. The van der Waals surface area contributed by atoms with E-state index in [9.17, 15) is 5.11 Å². The second-order valence-electron chi connectivity index (χ2n) is 5.62. The lowest BCUT2D eigenvalue weighted by atomic mass is 10.1. The van der Waals surface area contributed by atoms with Gasteiger partial charge in [0.1, 0.15) is 0 Å². The van der Waals surface area contributed by atoms with Gasteiger partial charge in [-0.1, -0.05) is 59.8 Å². The molecule has 0 aliphatic heterocycles. The molecule has 0 saturated carbocycles. The first-order valence-corrected chi connectivity index (χ1v) is 9.10. The Morgan fingerprint density at radius 2 is 1.88 bits per heavy atom. The highest BCUT2D eigenvalue weighted by Crippen LogP contribution is 2.25. The summed E-state index contributed by atoms with van der Waals surface area (Å²) in [6.07, 6.45) is 1.75. The third-order valence-electron chi connectivity index (χ3n) is 3.94. The maximum atomic E-state index is 9.59. The maximum absolute atomic E-state index is 9.59. The highest BCUT2D eigenvalue weighted by molar-refractivity contribution is 7.98. The predicted molar refractivity (Wildman–Crippen MR) is 99.4 cm³/mol. The predicted octanol–water partition coefficient (Wildman–Crippen LogP) is 4.68. The van der Waals surface area contributed by atoms with Crippen LogP contribution in [0.25, 0.3) is 0 Å². The van der Waals surface area contributed by atoms with Gasteiger partial charge in [-0.25, -0.2) is 4.98 Å². The van der Waals surface area contributed by atoms with Gasteiger partial charge in [0, 0.05) is 17.3 Å². The van der Waals surface area contributed by atoms with E-state index in [0.717, 1.165) is 27.2 Å². The number of aliphatic hydroxyl groups is 1. The van der Waals surface area contributed by atoms with Crippen LogP contribution in [0.3, 0.4) is 0 Å². The molecule has 3 rings (SSSR count). The number of hydrogen-bond donors (Lipinski definition) is 1. The summed E-state index contributed by atoms with van der Waals surface area (Å²) in [5, 5.41) is 11.2. The molecule has 0 radical (unpaired) electrons. The zero-order chi connectivity index (χ0) is 16.9. The van der Waals surface area contributed by atoms with Crippen molar-refractivity contribution in [1.29, 1.82) is 0 Å². The summed E-state index contributed by atoms with van der Waals surface area (Å²) < 4.78 is 2.06. The second kappa shape index (κ2) is 7.88. The van der Waals surface area contributed by atoms with Crippen molar-refractivity contribution in [2.75, 3.05) is 0 Å². The monoisotopic (exact) mass is 358 g/mol. The van der Waals surface area contributed by atoms with Gasteiger partial charge in [0.2, 0.25) is 0 Å². The van der Waals surface area contributed by atoms with Crippen LogP contribution < -0.4 is 0 Å². The number of halogens is 1. The van der Waals surface area contributed by atoms with E-state index in [1.807, 2.05) is 24.3 Å². The Kier molecular flexibility index (Phi) is 5.61. The summed E-state index contributed by atoms with van der Waals surface area (Å²) in [4.78, 5) is 4.49. The van der Waals surface area contributed by atoms with Crippen LogP contribution in [-0.2, 0) is 18.9 Å². The van der Waals surface area contributed by atoms with Gasteiger partial charge in [0.15, 0.2) is 5.16 Å². The van der Waals surface area contributed by atoms with Gasteiger partial charge in [-0.3, -0.25) is 0 Å². The molecule has 3 aromatic rings. The number of aliphatic hydroxyl groups excluding tert-OH is 1. The van der Waals surface area contributed by atoms with E-state index in [2.05, 4.69) is 40.7 Å². The largest absolute Gasteiger partial charge is 0.390 e. The van der Waals surface area contributed by atoms with Crippen LogP contribution in [0.15, 0.2) is 59.9 Å². The van der Waals surface area contributed by atoms with Crippen molar-refractivity contribution in [2.24, 2.45) is 0 Å². The Labute approximate surface area is 151 Å². The van der Waals surface area contributed by atoms with Crippen molar-refractivity contribution >= 4 is 23.4 Å². The lowest BCUT2D eigenvalue weighted by molar-refractivity contribution is 0.270. The lowest BCUT2D eigenvalue weighted by Gasteiger charge is -2.11. The molecule has 0 fully saturated rings. The van der Waals surface area contributed by atoms with Crippen molar-refractivity contribution in [3.63, 3.8) is 0 Å². The first-order chi connectivity index (χ1) is 11.7. The van der Waals surface area contributed by atoms with Crippen molar-refractivity contribution in [3.05, 3.63) is 82.1 Å². The van der Waals surface area contributed by atoms with Gasteiger partial charge in [-0.05, 0) is 35.7 Å². The lowest BCUT2D eigenvalue weighted by Crippen LogP contribution is -2.06. The van der Waals surface area contributed by atoms with Crippen LogP contribution in [0, 0.1) is 6.92 Å².